The molecule has 0 aliphatic rings. The molecule has 0 saturated heterocycles. The predicted octanol–water partition coefficient (Wildman–Crippen LogP) is 0.374. The second-order valence-electron chi connectivity index (χ2n) is 2.58. The van der Waals surface area contributed by atoms with Crippen LogP contribution in [0.4, 0.5) is 4.79 Å². The zero-order valence-corrected chi connectivity index (χ0v) is 7.98. The molecule has 0 amide bonds. The van der Waals surface area contributed by atoms with E-state index in [-0.39, 0.29) is 6.42 Å². The van der Waals surface area contributed by atoms with Crippen molar-refractivity contribution in [1.29, 1.82) is 0 Å². The van der Waals surface area contributed by atoms with Crippen LogP contribution in [0.3, 0.4) is 0 Å². The molecule has 14 heavy (non-hydrogen) atoms. The Morgan fingerprint density at radius 3 is 2.29 bits per heavy atom. The maximum atomic E-state index is 10.8. The molecule has 0 spiro atoms. The summed E-state index contributed by atoms with van der Waals surface area (Å²) in [4.78, 5) is 31.6. The largest absolute Gasteiger partial charge is 0.524 e. The van der Waals surface area contributed by atoms with Gasteiger partial charge in [0.05, 0.1) is 12.5 Å². The van der Waals surface area contributed by atoms with Crippen LogP contribution in [0.1, 0.15) is 26.7 Å². The van der Waals surface area contributed by atoms with Gasteiger partial charge in [-0.05, 0) is 6.42 Å². The molecule has 0 heterocycles. The van der Waals surface area contributed by atoms with Gasteiger partial charge in [-0.3, -0.25) is 9.59 Å². The Hall–Kier alpha value is -1.43. The van der Waals surface area contributed by atoms with E-state index in [2.05, 4.69) is 9.47 Å². The van der Waals surface area contributed by atoms with Crippen molar-refractivity contribution in [3.05, 3.63) is 0 Å². The third kappa shape index (κ3) is 6.13. The van der Waals surface area contributed by atoms with Crippen molar-refractivity contribution in [3.63, 3.8) is 0 Å². The molecular formula is C8H12O6. The van der Waals surface area contributed by atoms with Crippen molar-refractivity contribution in [1.82, 2.24) is 0 Å². The quantitative estimate of drug-likeness (QED) is 0.527. The van der Waals surface area contributed by atoms with E-state index in [1.165, 1.54) is 0 Å². The summed E-state index contributed by atoms with van der Waals surface area (Å²) in [7, 11) is 0. The van der Waals surface area contributed by atoms with Gasteiger partial charge in [-0.1, -0.05) is 6.92 Å². The number of ether oxygens (including phenoxy) is 2. The highest BCUT2D eigenvalue weighted by Gasteiger charge is 2.16. The van der Waals surface area contributed by atoms with E-state index in [0.29, 0.717) is 6.42 Å². The Morgan fingerprint density at radius 1 is 1.29 bits per heavy atom. The van der Waals surface area contributed by atoms with Gasteiger partial charge >= 0.3 is 18.1 Å². The van der Waals surface area contributed by atoms with Gasteiger partial charge in [0, 0.05) is 6.92 Å². The molecule has 6 heteroatoms. The fraction of sp³-hybridized carbons (Fsp3) is 0.625. The minimum absolute atomic E-state index is 0.302. The van der Waals surface area contributed by atoms with Crippen molar-refractivity contribution in [2.24, 2.45) is 0 Å². The van der Waals surface area contributed by atoms with Crippen LogP contribution in [0, 0.1) is 0 Å². The number of hydrogen-bond acceptors (Lipinski definition) is 6. The van der Waals surface area contributed by atoms with Crippen molar-refractivity contribution in [2.75, 3.05) is 0 Å². The molecule has 0 aromatic heterocycles. The molecule has 1 atom stereocenters. The van der Waals surface area contributed by atoms with Crippen molar-refractivity contribution in [3.8, 4) is 0 Å². The summed E-state index contributed by atoms with van der Waals surface area (Å²) in [6.45, 7) is 2.68. The fourth-order valence-corrected chi connectivity index (χ4v) is 0.610. The maximum absolute atomic E-state index is 10.8. The highest BCUT2D eigenvalue weighted by molar-refractivity contribution is 5.87. The molecule has 0 aromatic carbocycles. The van der Waals surface area contributed by atoms with Gasteiger partial charge in [0.25, 0.3) is 0 Å². The monoisotopic (exact) mass is 204 g/mol. The lowest BCUT2D eigenvalue weighted by Crippen LogP contribution is -2.20. The fourth-order valence-electron chi connectivity index (χ4n) is 0.610. The third-order valence-electron chi connectivity index (χ3n) is 1.30. The van der Waals surface area contributed by atoms with Crippen LogP contribution >= 0.6 is 0 Å². The van der Waals surface area contributed by atoms with E-state index in [1.807, 2.05) is 0 Å². The first-order valence-corrected chi connectivity index (χ1v) is 4.06. The van der Waals surface area contributed by atoms with Crippen LogP contribution in [-0.4, -0.2) is 29.3 Å². The second kappa shape index (κ2) is 6.09. The Bertz CT molecular complexity index is 234. The molecule has 0 radical (unpaired) electrons. The molecule has 0 aliphatic carbocycles. The number of carbonyl (C=O) groups is 3. The SMILES string of the molecule is CCC(O)CC(=O)OC(=O)OC(C)=O. The van der Waals surface area contributed by atoms with Gasteiger partial charge in [0.2, 0.25) is 0 Å². The summed E-state index contributed by atoms with van der Waals surface area (Å²) >= 11 is 0. The second-order valence-corrected chi connectivity index (χ2v) is 2.58. The highest BCUT2D eigenvalue weighted by atomic mass is 16.8. The van der Waals surface area contributed by atoms with Crippen LogP contribution in [0.15, 0.2) is 0 Å². The maximum Gasteiger partial charge on any atom is 0.524 e. The van der Waals surface area contributed by atoms with E-state index < -0.39 is 24.2 Å². The van der Waals surface area contributed by atoms with Crippen LogP contribution in [-0.2, 0) is 19.1 Å². The van der Waals surface area contributed by atoms with Crippen molar-refractivity contribution < 1.29 is 29.0 Å². The van der Waals surface area contributed by atoms with E-state index in [1.54, 1.807) is 6.92 Å². The summed E-state index contributed by atoms with van der Waals surface area (Å²) in [5.41, 5.74) is 0. The Balaban J connectivity index is 3.82. The molecule has 0 aliphatic heterocycles. The van der Waals surface area contributed by atoms with Gasteiger partial charge in [0.15, 0.2) is 0 Å². The summed E-state index contributed by atoms with van der Waals surface area (Å²) in [5, 5.41) is 9.00. The van der Waals surface area contributed by atoms with Crippen molar-refractivity contribution in [2.45, 2.75) is 32.8 Å². The molecule has 0 rings (SSSR count). The predicted molar refractivity (Wildman–Crippen MR) is 44.2 cm³/mol. The smallest absolute Gasteiger partial charge is 0.393 e. The molecule has 0 saturated carbocycles. The number of esters is 2. The minimum Gasteiger partial charge on any atom is -0.393 e. The van der Waals surface area contributed by atoms with Crippen LogP contribution in [0.5, 0.6) is 0 Å². The average Bonchev–Trinajstić information content (AvgIpc) is 2.01. The average molecular weight is 204 g/mol. The topological polar surface area (TPSA) is 89.9 Å². The van der Waals surface area contributed by atoms with Gasteiger partial charge in [0.1, 0.15) is 0 Å². The highest BCUT2D eigenvalue weighted by Crippen LogP contribution is 1.99. The van der Waals surface area contributed by atoms with E-state index in [4.69, 9.17) is 5.11 Å². The Labute approximate surface area is 80.8 Å². The number of aliphatic hydroxyl groups excluding tert-OH is 1. The lowest BCUT2D eigenvalue weighted by atomic mass is 10.2. The van der Waals surface area contributed by atoms with Gasteiger partial charge in [-0.2, -0.15) is 0 Å². The van der Waals surface area contributed by atoms with Crippen LogP contribution < -0.4 is 0 Å². The molecule has 0 aromatic rings. The zero-order chi connectivity index (χ0) is 11.1. The van der Waals surface area contributed by atoms with E-state index in [0.717, 1.165) is 6.92 Å². The van der Waals surface area contributed by atoms with Crippen LogP contribution in [0.25, 0.3) is 0 Å². The van der Waals surface area contributed by atoms with Crippen molar-refractivity contribution >= 4 is 18.1 Å². The number of aliphatic hydroxyl groups is 1. The summed E-state index contributed by atoms with van der Waals surface area (Å²) < 4.78 is 7.99. The van der Waals surface area contributed by atoms with E-state index in [9.17, 15) is 14.4 Å². The molecule has 80 valence electrons. The van der Waals surface area contributed by atoms with Gasteiger partial charge in [-0.25, -0.2) is 4.79 Å². The lowest BCUT2D eigenvalue weighted by molar-refractivity contribution is -0.146. The van der Waals surface area contributed by atoms with Gasteiger partial charge < -0.3 is 14.6 Å². The Morgan fingerprint density at radius 2 is 1.86 bits per heavy atom. The summed E-state index contributed by atoms with van der Waals surface area (Å²) in [6.07, 6.45) is -2.15. The normalized spacial score (nSPS) is 11.6. The first-order chi connectivity index (χ1) is 6.45. The molecular weight excluding hydrogens is 192 g/mol. The molecule has 0 fully saturated rings. The molecule has 0 bridgehead atoms. The van der Waals surface area contributed by atoms with Gasteiger partial charge in [-0.15, -0.1) is 0 Å². The minimum atomic E-state index is -1.37. The Kier molecular flexibility index (Phi) is 5.47. The first kappa shape index (κ1) is 12.6. The first-order valence-electron chi connectivity index (χ1n) is 4.06. The van der Waals surface area contributed by atoms with E-state index >= 15 is 0 Å². The molecule has 1 unspecified atom stereocenters. The zero-order valence-electron chi connectivity index (χ0n) is 7.98. The number of rotatable bonds is 3. The lowest BCUT2D eigenvalue weighted by Gasteiger charge is -2.05. The number of carbonyl (C=O) groups excluding carboxylic acids is 3. The molecule has 1 N–H and O–H groups in total. The third-order valence-corrected chi connectivity index (χ3v) is 1.30. The summed E-state index contributed by atoms with van der Waals surface area (Å²) in [6, 6.07) is 0. The molecule has 6 nitrogen and oxygen atoms in total. The van der Waals surface area contributed by atoms with Crippen LogP contribution in [0.2, 0.25) is 0 Å². The number of hydrogen-bond donors (Lipinski definition) is 1. The summed E-state index contributed by atoms with van der Waals surface area (Å²) in [5.74, 6) is -1.79. The standard InChI is InChI=1S/C8H12O6/c1-3-6(10)4-7(11)14-8(12)13-5(2)9/h6,10H,3-4H2,1-2H3.